The molecule has 0 bridgehead atoms. The zero-order chi connectivity index (χ0) is 14.5. The van der Waals surface area contributed by atoms with Crippen LogP contribution in [-0.4, -0.2) is 14.2 Å². The van der Waals surface area contributed by atoms with Crippen LogP contribution in [0.1, 0.15) is 55.7 Å². The molecule has 20 heavy (non-hydrogen) atoms. The third kappa shape index (κ3) is 3.45. The Labute approximate surface area is 122 Å². The van der Waals surface area contributed by atoms with Crippen molar-refractivity contribution < 1.29 is 9.47 Å². The lowest BCUT2D eigenvalue weighted by Crippen LogP contribution is -2.13. The molecule has 1 fully saturated rings. The van der Waals surface area contributed by atoms with E-state index in [1.165, 1.54) is 43.2 Å². The van der Waals surface area contributed by atoms with Gasteiger partial charge < -0.3 is 15.2 Å². The molecule has 112 valence electrons. The molecule has 3 heteroatoms. The largest absolute Gasteiger partial charge is 0.493 e. The normalized spacial score (nSPS) is 17.2. The highest BCUT2D eigenvalue weighted by molar-refractivity contribution is 5.48. The van der Waals surface area contributed by atoms with Gasteiger partial charge in [-0.25, -0.2) is 0 Å². The number of aryl methyl sites for hydroxylation is 1. The van der Waals surface area contributed by atoms with Crippen LogP contribution in [0.4, 0.5) is 0 Å². The lowest BCUT2D eigenvalue weighted by atomic mass is 9.93. The summed E-state index contributed by atoms with van der Waals surface area (Å²) >= 11 is 0. The molecule has 0 radical (unpaired) electrons. The molecule has 3 nitrogen and oxygen atoms in total. The van der Waals surface area contributed by atoms with Crippen molar-refractivity contribution in [1.29, 1.82) is 0 Å². The average molecular weight is 277 g/mol. The van der Waals surface area contributed by atoms with Crippen molar-refractivity contribution in [2.45, 2.75) is 51.5 Å². The monoisotopic (exact) mass is 277 g/mol. The van der Waals surface area contributed by atoms with Gasteiger partial charge in [0.25, 0.3) is 0 Å². The van der Waals surface area contributed by atoms with Gasteiger partial charge in [-0.05, 0) is 48.9 Å². The fourth-order valence-corrected chi connectivity index (χ4v) is 3.27. The molecule has 0 aliphatic heterocycles. The second-order valence-corrected chi connectivity index (χ2v) is 5.90. The van der Waals surface area contributed by atoms with Crippen molar-refractivity contribution in [3.05, 3.63) is 23.3 Å². The lowest BCUT2D eigenvalue weighted by Gasteiger charge is -2.19. The Balaban J connectivity index is 2.06. The minimum Gasteiger partial charge on any atom is -0.493 e. The molecule has 1 saturated carbocycles. The summed E-state index contributed by atoms with van der Waals surface area (Å²) in [5, 5.41) is 0. The Bertz CT molecular complexity index is 439. The van der Waals surface area contributed by atoms with Crippen molar-refractivity contribution >= 4 is 0 Å². The quantitative estimate of drug-likeness (QED) is 0.855. The van der Waals surface area contributed by atoms with Gasteiger partial charge in [-0.15, -0.1) is 0 Å². The summed E-state index contributed by atoms with van der Waals surface area (Å²) in [6, 6.07) is 4.15. The first kappa shape index (κ1) is 15.2. The van der Waals surface area contributed by atoms with E-state index in [1.807, 2.05) is 12.1 Å². The Morgan fingerprint density at radius 1 is 1.15 bits per heavy atom. The molecular weight excluding hydrogens is 250 g/mol. The molecular formula is C17H27NO2. The fraction of sp³-hybridized carbons (Fsp3) is 0.647. The minimum atomic E-state index is 0.0930. The molecule has 1 aliphatic rings. The Hall–Kier alpha value is -1.22. The zero-order valence-corrected chi connectivity index (χ0v) is 12.9. The summed E-state index contributed by atoms with van der Waals surface area (Å²) in [6.07, 6.45) is 7.87. The summed E-state index contributed by atoms with van der Waals surface area (Å²) < 4.78 is 10.7. The number of hydrogen-bond acceptors (Lipinski definition) is 3. The Morgan fingerprint density at radius 3 is 2.35 bits per heavy atom. The first-order valence-corrected chi connectivity index (χ1v) is 7.63. The van der Waals surface area contributed by atoms with Gasteiger partial charge in [0.2, 0.25) is 0 Å². The Morgan fingerprint density at radius 2 is 1.75 bits per heavy atom. The molecule has 2 rings (SSSR count). The van der Waals surface area contributed by atoms with E-state index >= 15 is 0 Å². The number of nitrogens with two attached hydrogens (primary N) is 1. The molecule has 0 heterocycles. The maximum absolute atomic E-state index is 6.39. The summed E-state index contributed by atoms with van der Waals surface area (Å²) in [6.45, 7) is 2.09. The molecule has 1 aliphatic carbocycles. The molecule has 0 spiro atoms. The maximum Gasteiger partial charge on any atom is 0.161 e. The zero-order valence-electron chi connectivity index (χ0n) is 12.9. The predicted octanol–water partition coefficient (Wildman–Crippen LogP) is 3.98. The van der Waals surface area contributed by atoms with E-state index in [0.717, 1.165) is 23.8 Å². The number of methoxy groups -OCH3 is 2. The van der Waals surface area contributed by atoms with Gasteiger partial charge in [0, 0.05) is 6.04 Å². The van der Waals surface area contributed by atoms with E-state index < -0.39 is 0 Å². The predicted molar refractivity (Wildman–Crippen MR) is 82.4 cm³/mol. The van der Waals surface area contributed by atoms with Crippen LogP contribution >= 0.6 is 0 Å². The minimum absolute atomic E-state index is 0.0930. The smallest absolute Gasteiger partial charge is 0.161 e. The molecule has 1 unspecified atom stereocenters. The summed E-state index contributed by atoms with van der Waals surface area (Å²) in [7, 11) is 3.33. The number of hydrogen-bond donors (Lipinski definition) is 1. The number of rotatable bonds is 6. The van der Waals surface area contributed by atoms with E-state index in [-0.39, 0.29) is 6.04 Å². The van der Waals surface area contributed by atoms with Crippen molar-refractivity contribution in [3.8, 4) is 11.5 Å². The van der Waals surface area contributed by atoms with Gasteiger partial charge >= 0.3 is 0 Å². The van der Waals surface area contributed by atoms with Gasteiger partial charge in [0.15, 0.2) is 11.5 Å². The van der Waals surface area contributed by atoms with E-state index in [2.05, 4.69) is 6.92 Å². The van der Waals surface area contributed by atoms with Crippen LogP contribution in [0.2, 0.25) is 0 Å². The maximum atomic E-state index is 6.39. The topological polar surface area (TPSA) is 44.5 Å². The highest BCUT2D eigenvalue weighted by Crippen LogP contribution is 2.35. The van der Waals surface area contributed by atoms with E-state index in [0.29, 0.717) is 0 Å². The molecule has 1 aromatic carbocycles. The Kier molecular flexibility index (Phi) is 5.30. The van der Waals surface area contributed by atoms with E-state index in [4.69, 9.17) is 15.2 Å². The van der Waals surface area contributed by atoms with Gasteiger partial charge in [-0.3, -0.25) is 0 Å². The van der Waals surface area contributed by atoms with Crippen molar-refractivity contribution in [1.82, 2.24) is 0 Å². The second-order valence-electron chi connectivity index (χ2n) is 5.90. The first-order chi connectivity index (χ1) is 9.65. The van der Waals surface area contributed by atoms with Gasteiger partial charge in [-0.2, -0.15) is 0 Å². The summed E-state index contributed by atoms with van der Waals surface area (Å²) in [4.78, 5) is 0. The molecule has 0 amide bonds. The average Bonchev–Trinajstić information content (AvgIpc) is 2.97. The summed E-state index contributed by atoms with van der Waals surface area (Å²) in [5.41, 5.74) is 8.76. The highest BCUT2D eigenvalue weighted by atomic mass is 16.5. The van der Waals surface area contributed by atoms with E-state index in [1.54, 1.807) is 14.2 Å². The third-order valence-corrected chi connectivity index (χ3v) is 4.53. The van der Waals surface area contributed by atoms with Crippen LogP contribution in [-0.2, 0) is 0 Å². The lowest BCUT2D eigenvalue weighted by molar-refractivity contribution is 0.353. The van der Waals surface area contributed by atoms with Gasteiger partial charge in [0.05, 0.1) is 14.2 Å². The first-order valence-electron chi connectivity index (χ1n) is 7.63. The van der Waals surface area contributed by atoms with Crippen LogP contribution in [0.5, 0.6) is 11.5 Å². The van der Waals surface area contributed by atoms with E-state index in [9.17, 15) is 0 Å². The fourth-order valence-electron chi connectivity index (χ4n) is 3.27. The number of benzene rings is 1. The molecule has 0 aromatic heterocycles. The SMILES string of the molecule is COc1cc(C)c(C(N)CCC2CCCC2)cc1OC. The highest BCUT2D eigenvalue weighted by Gasteiger charge is 2.18. The van der Waals surface area contributed by atoms with Gasteiger partial charge in [-0.1, -0.05) is 25.7 Å². The molecule has 0 saturated heterocycles. The van der Waals surface area contributed by atoms with Crippen LogP contribution in [0.3, 0.4) is 0 Å². The van der Waals surface area contributed by atoms with Crippen LogP contribution in [0.25, 0.3) is 0 Å². The molecule has 2 N–H and O–H groups in total. The van der Waals surface area contributed by atoms with Crippen LogP contribution in [0, 0.1) is 12.8 Å². The number of ether oxygens (including phenoxy) is 2. The van der Waals surface area contributed by atoms with Crippen molar-refractivity contribution in [2.24, 2.45) is 11.7 Å². The van der Waals surface area contributed by atoms with Crippen LogP contribution in [0.15, 0.2) is 12.1 Å². The van der Waals surface area contributed by atoms with Crippen molar-refractivity contribution in [3.63, 3.8) is 0 Å². The molecule has 1 aromatic rings. The van der Waals surface area contributed by atoms with Crippen LogP contribution < -0.4 is 15.2 Å². The third-order valence-electron chi connectivity index (χ3n) is 4.53. The summed E-state index contributed by atoms with van der Waals surface area (Å²) in [5.74, 6) is 2.43. The standard InChI is InChI=1S/C17H27NO2/c1-12-10-16(19-2)17(20-3)11-14(12)15(18)9-8-13-6-4-5-7-13/h10-11,13,15H,4-9,18H2,1-3H3. The van der Waals surface area contributed by atoms with Gasteiger partial charge in [0.1, 0.15) is 0 Å². The second kappa shape index (κ2) is 6.98. The molecule has 1 atom stereocenters. The van der Waals surface area contributed by atoms with Crippen molar-refractivity contribution in [2.75, 3.05) is 14.2 Å².